The first-order chi connectivity index (χ1) is 25.7. The summed E-state index contributed by atoms with van der Waals surface area (Å²) in [5.41, 5.74) is 7.26. The first kappa shape index (κ1) is 28.7. The van der Waals surface area contributed by atoms with Crippen LogP contribution in [0.25, 0.3) is 94.5 Å². The van der Waals surface area contributed by atoms with Crippen LogP contribution in [0.5, 0.6) is 0 Å². The van der Waals surface area contributed by atoms with Gasteiger partial charge in [-0.1, -0.05) is 109 Å². The highest BCUT2D eigenvalue weighted by molar-refractivity contribution is 6.11. The monoisotopic (exact) mass is 667 g/mol. The van der Waals surface area contributed by atoms with E-state index in [9.17, 15) is 0 Å². The van der Waals surface area contributed by atoms with Crippen molar-refractivity contribution in [2.24, 2.45) is 0 Å². The number of rotatable bonds is 4. The molecule has 5 heterocycles. The minimum Gasteiger partial charge on any atom is -0.294 e. The normalized spacial score (nSPS) is 11.9. The van der Waals surface area contributed by atoms with Crippen molar-refractivity contribution in [1.82, 2.24) is 33.6 Å². The van der Waals surface area contributed by atoms with Crippen molar-refractivity contribution in [3.63, 3.8) is 0 Å². The molecule has 0 fully saturated rings. The van der Waals surface area contributed by atoms with E-state index in [1.807, 2.05) is 13.0 Å². The fourth-order valence-corrected chi connectivity index (χ4v) is 8.03. The molecule has 0 bridgehead atoms. The van der Waals surface area contributed by atoms with E-state index in [0.717, 1.165) is 77.8 Å². The fourth-order valence-electron chi connectivity index (χ4n) is 8.03. The van der Waals surface area contributed by atoms with Crippen molar-refractivity contribution < 1.29 is 0 Å². The second-order valence-corrected chi connectivity index (χ2v) is 13.2. The number of nitrogens with zero attached hydrogens (tertiary/aromatic N) is 7. The van der Waals surface area contributed by atoms with Gasteiger partial charge in [-0.25, -0.2) is 19.9 Å². The summed E-state index contributed by atoms with van der Waals surface area (Å²) in [6.07, 6.45) is 0. The van der Waals surface area contributed by atoms with E-state index in [1.54, 1.807) is 0 Å². The highest BCUT2D eigenvalue weighted by Gasteiger charge is 2.21. The third kappa shape index (κ3) is 4.13. The van der Waals surface area contributed by atoms with Crippen LogP contribution in [0.1, 0.15) is 5.69 Å². The van der Waals surface area contributed by atoms with E-state index in [0.29, 0.717) is 11.6 Å². The highest BCUT2D eigenvalue weighted by atomic mass is 15.2. The molecule has 0 atom stereocenters. The average molecular weight is 668 g/mol. The minimum atomic E-state index is 0.446. The van der Waals surface area contributed by atoms with Crippen LogP contribution < -0.4 is 0 Å². The standard InChI is InChI=1S/C45H29N7/c1-28-26-41(50-35-20-8-2-14-29(35)30-15-3-9-21-36(30)50)47-44(46-28)45-48-42(51-37-22-10-4-16-31(37)32-17-5-11-23-38(32)51)27-43(49-45)52-39-24-12-6-18-33(39)34-19-7-13-25-40(34)52/h2-27H,1H3. The predicted molar refractivity (Wildman–Crippen MR) is 211 cm³/mol. The van der Waals surface area contributed by atoms with E-state index >= 15 is 0 Å². The number of aryl methyl sites for hydroxylation is 1. The van der Waals surface area contributed by atoms with E-state index in [4.69, 9.17) is 19.9 Å². The van der Waals surface area contributed by atoms with Crippen LogP contribution in [0, 0.1) is 6.92 Å². The lowest BCUT2D eigenvalue weighted by Gasteiger charge is -2.14. The molecule has 0 saturated heterocycles. The van der Waals surface area contributed by atoms with Crippen LogP contribution in [0.15, 0.2) is 158 Å². The molecule has 0 unspecified atom stereocenters. The Balaban J connectivity index is 1.23. The van der Waals surface area contributed by atoms with Crippen LogP contribution >= 0.6 is 0 Å². The summed E-state index contributed by atoms with van der Waals surface area (Å²) >= 11 is 0. The fraction of sp³-hybridized carbons (Fsp3) is 0.0222. The zero-order valence-corrected chi connectivity index (χ0v) is 28.1. The number of hydrogen-bond donors (Lipinski definition) is 0. The van der Waals surface area contributed by atoms with Crippen molar-refractivity contribution in [3.8, 4) is 29.1 Å². The molecular formula is C45H29N7. The van der Waals surface area contributed by atoms with E-state index < -0.39 is 0 Å². The van der Waals surface area contributed by atoms with Crippen molar-refractivity contribution in [1.29, 1.82) is 0 Å². The molecule has 52 heavy (non-hydrogen) atoms. The minimum absolute atomic E-state index is 0.446. The maximum atomic E-state index is 5.31. The zero-order valence-electron chi connectivity index (χ0n) is 28.1. The molecule has 0 spiro atoms. The Labute approximate surface area is 297 Å². The Morgan fingerprint density at radius 1 is 0.308 bits per heavy atom. The number of para-hydroxylation sites is 6. The molecule has 0 amide bonds. The molecule has 7 heteroatoms. The van der Waals surface area contributed by atoms with Crippen LogP contribution in [0.4, 0.5) is 0 Å². The van der Waals surface area contributed by atoms with Gasteiger partial charge in [-0.2, -0.15) is 0 Å². The molecule has 11 aromatic rings. The van der Waals surface area contributed by atoms with E-state index in [1.165, 1.54) is 10.8 Å². The Bertz CT molecular complexity index is 2930. The van der Waals surface area contributed by atoms with Gasteiger partial charge in [0.1, 0.15) is 17.5 Å². The summed E-state index contributed by atoms with van der Waals surface area (Å²) in [6, 6.07) is 55.0. The van der Waals surface area contributed by atoms with Crippen molar-refractivity contribution in [3.05, 3.63) is 163 Å². The van der Waals surface area contributed by atoms with Crippen LogP contribution in [-0.2, 0) is 0 Å². The van der Waals surface area contributed by atoms with Gasteiger partial charge in [0.15, 0.2) is 5.82 Å². The summed E-state index contributed by atoms with van der Waals surface area (Å²) in [7, 11) is 0. The van der Waals surface area contributed by atoms with Crippen molar-refractivity contribution >= 4 is 65.4 Å². The predicted octanol–water partition coefficient (Wildman–Crippen LogP) is 10.5. The number of fused-ring (bicyclic) bond motifs is 9. The molecule has 0 aliphatic heterocycles. The zero-order chi connectivity index (χ0) is 34.3. The van der Waals surface area contributed by atoms with Gasteiger partial charge >= 0.3 is 0 Å². The molecule has 7 nitrogen and oxygen atoms in total. The summed E-state index contributed by atoms with van der Waals surface area (Å²) in [5.74, 6) is 3.15. The molecule has 0 aliphatic rings. The van der Waals surface area contributed by atoms with Gasteiger partial charge in [0, 0.05) is 50.1 Å². The van der Waals surface area contributed by atoms with Gasteiger partial charge < -0.3 is 0 Å². The summed E-state index contributed by atoms with van der Waals surface area (Å²) in [5, 5.41) is 7.01. The average Bonchev–Trinajstić information content (AvgIpc) is 3.83. The molecule has 0 radical (unpaired) electrons. The summed E-state index contributed by atoms with van der Waals surface area (Å²) in [6.45, 7) is 2.01. The molecule has 0 aliphatic carbocycles. The summed E-state index contributed by atoms with van der Waals surface area (Å²) in [4.78, 5) is 20.9. The maximum Gasteiger partial charge on any atom is 0.201 e. The SMILES string of the molecule is Cc1cc(-n2c3ccccc3c3ccccc32)nc(-c2nc(-n3c4ccccc4c4ccccc43)cc(-n3c4ccccc4c4ccccc43)n2)n1. The van der Waals surface area contributed by atoms with Gasteiger partial charge in [0.25, 0.3) is 0 Å². The van der Waals surface area contributed by atoms with Gasteiger partial charge in [-0.3, -0.25) is 13.7 Å². The van der Waals surface area contributed by atoms with Gasteiger partial charge in [-0.05, 0) is 43.3 Å². The number of aromatic nitrogens is 7. The largest absolute Gasteiger partial charge is 0.294 e. The molecule has 11 rings (SSSR count). The van der Waals surface area contributed by atoms with Gasteiger partial charge in [0.05, 0.1) is 33.1 Å². The Morgan fingerprint density at radius 2 is 0.558 bits per heavy atom. The van der Waals surface area contributed by atoms with Gasteiger partial charge in [-0.15, -0.1) is 0 Å². The Kier molecular flexibility index (Phi) is 6.04. The third-order valence-corrected chi connectivity index (χ3v) is 10.2. The quantitative estimate of drug-likeness (QED) is 0.187. The van der Waals surface area contributed by atoms with E-state index in [-0.39, 0.29) is 0 Å². The first-order valence-electron chi connectivity index (χ1n) is 17.4. The van der Waals surface area contributed by atoms with Gasteiger partial charge in [0.2, 0.25) is 5.82 Å². The number of hydrogen-bond acceptors (Lipinski definition) is 4. The van der Waals surface area contributed by atoms with E-state index in [2.05, 4.69) is 165 Å². The number of benzene rings is 6. The second-order valence-electron chi connectivity index (χ2n) is 13.2. The Hall–Kier alpha value is -7.12. The lowest BCUT2D eigenvalue weighted by Crippen LogP contribution is -2.09. The molecule has 6 aromatic carbocycles. The van der Waals surface area contributed by atoms with Crippen LogP contribution in [-0.4, -0.2) is 33.6 Å². The molecule has 5 aromatic heterocycles. The topological polar surface area (TPSA) is 66.3 Å². The smallest absolute Gasteiger partial charge is 0.201 e. The summed E-state index contributed by atoms with van der Waals surface area (Å²) < 4.78 is 6.68. The first-order valence-corrected chi connectivity index (χ1v) is 17.4. The van der Waals surface area contributed by atoms with Crippen molar-refractivity contribution in [2.45, 2.75) is 6.92 Å². The molecular weight excluding hydrogens is 639 g/mol. The van der Waals surface area contributed by atoms with Crippen molar-refractivity contribution in [2.75, 3.05) is 0 Å². The lowest BCUT2D eigenvalue weighted by molar-refractivity contribution is 0.953. The molecule has 244 valence electrons. The molecule has 0 N–H and O–H groups in total. The third-order valence-electron chi connectivity index (χ3n) is 10.2. The Morgan fingerprint density at radius 3 is 0.865 bits per heavy atom. The highest BCUT2D eigenvalue weighted by Crippen LogP contribution is 2.36. The lowest BCUT2D eigenvalue weighted by atomic mass is 10.2. The van der Waals surface area contributed by atoms with Crippen LogP contribution in [0.3, 0.4) is 0 Å². The maximum absolute atomic E-state index is 5.31. The molecule has 0 saturated carbocycles. The second kappa shape index (κ2) is 10.9. The van der Waals surface area contributed by atoms with Crippen LogP contribution in [0.2, 0.25) is 0 Å².